The quantitative estimate of drug-likeness (QED) is 0.624. The summed E-state index contributed by atoms with van der Waals surface area (Å²) in [7, 11) is 0. The molecule has 0 radical (unpaired) electrons. The van der Waals surface area contributed by atoms with Gasteiger partial charge in [-0.2, -0.15) is 0 Å². The molecule has 3 rings (SSSR count). The highest BCUT2D eigenvalue weighted by Crippen LogP contribution is 2.24. The normalized spacial score (nSPS) is 10.3. The van der Waals surface area contributed by atoms with Gasteiger partial charge in [0.1, 0.15) is 11.5 Å². The van der Waals surface area contributed by atoms with E-state index in [4.69, 9.17) is 16.2 Å². The fourth-order valence-corrected chi connectivity index (χ4v) is 2.39. The van der Waals surface area contributed by atoms with E-state index in [-0.39, 0.29) is 5.91 Å². The predicted molar refractivity (Wildman–Crippen MR) is 101 cm³/mol. The molecule has 0 heterocycles. The Bertz CT molecular complexity index is 905. The average Bonchev–Trinajstić information content (AvgIpc) is 2.60. The number of amides is 1. The highest BCUT2D eigenvalue weighted by molar-refractivity contribution is 6.05. The largest absolute Gasteiger partial charge is 0.457 e. The van der Waals surface area contributed by atoms with Crippen molar-refractivity contribution in [3.63, 3.8) is 0 Å². The number of carbonyl (C=O) groups excluding carboxylic acids is 1. The first-order chi connectivity index (χ1) is 12.0. The summed E-state index contributed by atoms with van der Waals surface area (Å²) in [5.74, 6) is 1.02. The molecule has 0 unspecified atom stereocenters. The second-order valence-corrected chi connectivity index (χ2v) is 5.73. The van der Waals surface area contributed by atoms with Gasteiger partial charge in [0.2, 0.25) is 0 Å². The lowest BCUT2D eigenvalue weighted by Gasteiger charge is -2.10. The monoisotopic (exact) mass is 333 g/mol. The second kappa shape index (κ2) is 6.97. The van der Waals surface area contributed by atoms with Gasteiger partial charge in [-0.25, -0.2) is 0 Å². The third kappa shape index (κ3) is 4.09. The summed E-state index contributed by atoms with van der Waals surface area (Å²) >= 11 is 0. The summed E-state index contributed by atoms with van der Waals surface area (Å²) in [6, 6.07) is 19.4. The van der Waals surface area contributed by atoms with E-state index in [1.54, 1.807) is 60.7 Å². The Morgan fingerprint density at radius 1 is 0.880 bits per heavy atom. The van der Waals surface area contributed by atoms with Crippen molar-refractivity contribution < 1.29 is 9.53 Å². The molecule has 25 heavy (non-hydrogen) atoms. The number of rotatable bonds is 4. The summed E-state index contributed by atoms with van der Waals surface area (Å²) in [5, 5.41) is 2.89. The lowest BCUT2D eigenvalue weighted by molar-refractivity contribution is 0.102. The number of nitrogen functional groups attached to an aromatic ring is 2. The zero-order chi connectivity index (χ0) is 17.8. The van der Waals surface area contributed by atoms with E-state index in [1.807, 2.05) is 13.0 Å². The molecule has 0 saturated heterocycles. The van der Waals surface area contributed by atoms with Crippen molar-refractivity contribution in [2.24, 2.45) is 0 Å². The van der Waals surface area contributed by atoms with Crippen LogP contribution in [0.15, 0.2) is 66.7 Å². The first-order valence-corrected chi connectivity index (χ1v) is 7.82. The number of nitrogens with one attached hydrogen (secondary N) is 1. The lowest BCUT2D eigenvalue weighted by atomic mass is 10.1. The maximum Gasteiger partial charge on any atom is 0.255 e. The smallest absolute Gasteiger partial charge is 0.255 e. The van der Waals surface area contributed by atoms with Crippen LogP contribution in [-0.2, 0) is 0 Å². The Morgan fingerprint density at radius 2 is 1.60 bits per heavy atom. The van der Waals surface area contributed by atoms with Crippen LogP contribution in [0.4, 0.5) is 17.1 Å². The first-order valence-electron chi connectivity index (χ1n) is 7.82. The molecule has 0 atom stereocenters. The summed E-state index contributed by atoms with van der Waals surface area (Å²) in [4.78, 5) is 12.5. The van der Waals surface area contributed by atoms with Crippen molar-refractivity contribution >= 4 is 23.0 Å². The Morgan fingerprint density at radius 3 is 2.32 bits per heavy atom. The molecule has 0 fully saturated rings. The number of hydrogen-bond acceptors (Lipinski definition) is 4. The lowest BCUT2D eigenvalue weighted by Crippen LogP contribution is -2.12. The molecule has 5 nitrogen and oxygen atoms in total. The highest BCUT2D eigenvalue weighted by Gasteiger charge is 2.09. The molecule has 0 spiro atoms. The number of hydrogen-bond donors (Lipinski definition) is 3. The van der Waals surface area contributed by atoms with Gasteiger partial charge >= 0.3 is 0 Å². The molecular weight excluding hydrogens is 314 g/mol. The summed E-state index contributed by atoms with van der Waals surface area (Å²) in [5.41, 5.74) is 14.9. The Kier molecular flexibility index (Phi) is 4.57. The number of ether oxygens (including phenoxy) is 1. The van der Waals surface area contributed by atoms with Gasteiger partial charge in [0.05, 0.1) is 0 Å². The fraction of sp³-hybridized carbons (Fsp3) is 0.0500. The van der Waals surface area contributed by atoms with E-state index >= 15 is 0 Å². The fourth-order valence-electron chi connectivity index (χ4n) is 2.39. The Labute approximate surface area is 146 Å². The molecule has 3 aromatic rings. The first kappa shape index (κ1) is 16.4. The van der Waals surface area contributed by atoms with Crippen LogP contribution in [-0.4, -0.2) is 5.91 Å². The summed E-state index contributed by atoms with van der Waals surface area (Å²) < 4.78 is 5.76. The van der Waals surface area contributed by atoms with Crippen LogP contribution >= 0.6 is 0 Å². The molecule has 0 aromatic heterocycles. The van der Waals surface area contributed by atoms with E-state index < -0.39 is 0 Å². The summed E-state index contributed by atoms with van der Waals surface area (Å²) in [6.07, 6.45) is 0. The number of anilines is 3. The van der Waals surface area contributed by atoms with Crippen molar-refractivity contribution in [2.45, 2.75) is 6.92 Å². The molecular formula is C20H19N3O2. The van der Waals surface area contributed by atoms with E-state index in [9.17, 15) is 4.79 Å². The van der Waals surface area contributed by atoms with Crippen LogP contribution in [0, 0.1) is 6.92 Å². The van der Waals surface area contributed by atoms with E-state index in [2.05, 4.69) is 5.32 Å². The number of carbonyl (C=O) groups is 1. The van der Waals surface area contributed by atoms with Gasteiger partial charge < -0.3 is 21.5 Å². The standard InChI is InChI=1S/C20H19N3O2/c1-13-11-16(22)7-10-19(13)23-20(24)14-3-2-4-18(12-14)25-17-8-5-15(21)6-9-17/h2-12H,21-22H2,1H3,(H,23,24). The van der Waals surface area contributed by atoms with Crippen LogP contribution in [0.25, 0.3) is 0 Å². The molecule has 126 valence electrons. The minimum atomic E-state index is -0.212. The van der Waals surface area contributed by atoms with E-state index in [0.717, 1.165) is 11.3 Å². The zero-order valence-corrected chi connectivity index (χ0v) is 13.8. The molecule has 5 heteroatoms. The van der Waals surface area contributed by atoms with E-state index in [1.165, 1.54) is 0 Å². The van der Waals surface area contributed by atoms with Gasteiger partial charge in [0, 0.05) is 22.6 Å². The number of aryl methyl sites for hydroxylation is 1. The van der Waals surface area contributed by atoms with Gasteiger partial charge in [-0.05, 0) is 73.2 Å². The Hall–Kier alpha value is -3.47. The van der Waals surface area contributed by atoms with Crippen LogP contribution in [0.2, 0.25) is 0 Å². The second-order valence-electron chi connectivity index (χ2n) is 5.73. The van der Waals surface area contributed by atoms with Crippen molar-refractivity contribution in [1.82, 2.24) is 0 Å². The molecule has 0 aliphatic rings. The molecule has 0 aliphatic heterocycles. The average molecular weight is 333 g/mol. The van der Waals surface area contributed by atoms with Gasteiger partial charge in [-0.15, -0.1) is 0 Å². The van der Waals surface area contributed by atoms with E-state index in [0.29, 0.717) is 28.4 Å². The molecule has 0 bridgehead atoms. The highest BCUT2D eigenvalue weighted by atomic mass is 16.5. The van der Waals surface area contributed by atoms with Crippen molar-refractivity contribution in [3.8, 4) is 11.5 Å². The van der Waals surface area contributed by atoms with Crippen molar-refractivity contribution in [1.29, 1.82) is 0 Å². The molecule has 0 aliphatic carbocycles. The molecule has 0 saturated carbocycles. The molecule has 1 amide bonds. The van der Waals surface area contributed by atoms with Gasteiger partial charge in [-0.1, -0.05) is 6.07 Å². The third-order valence-corrected chi connectivity index (χ3v) is 3.71. The maximum atomic E-state index is 12.5. The number of benzene rings is 3. The predicted octanol–water partition coefficient (Wildman–Crippen LogP) is 4.20. The minimum Gasteiger partial charge on any atom is -0.457 e. The van der Waals surface area contributed by atoms with Crippen molar-refractivity contribution in [3.05, 3.63) is 77.9 Å². The van der Waals surface area contributed by atoms with Crippen molar-refractivity contribution in [2.75, 3.05) is 16.8 Å². The third-order valence-electron chi connectivity index (χ3n) is 3.71. The molecule has 3 aromatic carbocycles. The van der Waals surface area contributed by atoms with Crippen LogP contribution in [0.5, 0.6) is 11.5 Å². The minimum absolute atomic E-state index is 0.212. The zero-order valence-electron chi connectivity index (χ0n) is 13.8. The van der Waals surface area contributed by atoms with Gasteiger partial charge in [0.15, 0.2) is 0 Å². The number of nitrogens with two attached hydrogens (primary N) is 2. The Balaban J connectivity index is 1.76. The van der Waals surface area contributed by atoms with Gasteiger partial charge in [0.25, 0.3) is 5.91 Å². The van der Waals surface area contributed by atoms with Crippen LogP contribution in [0.1, 0.15) is 15.9 Å². The summed E-state index contributed by atoms with van der Waals surface area (Å²) in [6.45, 7) is 1.90. The van der Waals surface area contributed by atoms with Gasteiger partial charge in [-0.3, -0.25) is 4.79 Å². The SMILES string of the molecule is Cc1cc(N)ccc1NC(=O)c1cccc(Oc2ccc(N)cc2)c1. The molecule has 5 N–H and O–H groups in total. The van der Waals surface area contributed by atoms with Crippen LogP contribution in [0.3, 0.4) is 0 Å². The topological polar surface area (TPSA) is 90.4 Å². The van der Waals surface area contributed by atoms with Crippen LogP contribution < -0.4 is 21.5 Å². The maximum absolute atomic E-state index is 12.5.